The van der Waals surface area contributed by atoms with E-state index in [9.17, 15) is 0 Å². The molecule has 0 spiro atoms. The summed E-state index contributed by atoms with van der Waals surface area (Å²) in [6, 6.07) is 7.84. The van der Waals surface area contributed by atoms with Crippen molar-refractivity contribution in [2.24, 2.45) is 0 Å². The summed E-state index contributed by atoms with van der Waals surface area (Å²) >= 11 is 3.49. The maximum Gasteiger partial charge on any atom is 0.161 e. The maximum absolute atomic E-state index is 5.24. The number of halogens is 1. The quantitative estimate of drug-likeness (QED) is 0.899. The summed E-state index contributed by atoms with van der Waals surface area (Å²) in [5.41, 5.74) is 1.99. The first-order valence-electron chi connectivity index (χ1n) is 6.63. The molecular weight excluding hydrogens is 318 g/mol. The number of benzene rings is 1. The molecule has 5 heteroatoms. The molecule has 0 amide bonds. The molecule has 1 heterocycles. The first-order valence-corrected chi connectivity index (χ1v) is 7.43. The maximum atomic E-state index is 5.24. The number of nitrogens with one attached hydrogen (secondary N) is 1. The lowest BCUT2D eigenvalue weighted by molar-refractivity contribution is 0.412. The lowest BCUT2D eigenvalue weighted by Gasteiger charge is -2.09. The summed E-state index contributed by atoms with van der Waals surface area (Å²) in [5.74, 6) is 2.39. The fourth-order valence-corrected chi connectivity index (χ4v) is 2.43. The first-order chi connectivity index (χ1) is 9.67. The van der Waals surface area contributed by atoms with Crippen LogP contribution in [0.3, 0.4) is 0 Å². The van der Waals surface area contributed by atoms with E-state index in [4.69, 9.17) is 4.74 Å². The van der Waals surface area contributed by atoms with Gasteiger partial charge in [0.2, 0.25) is 0 Å². The Kier molecular flexibility index (Phi) is 4.95. The van der Waals surface area contributed by atoms with Gasteiger partial charge in [-0.05, 0) is 47.5 Å². The molecule has 0 aliphatic rings. The minimum atomic E-state index is 0.726. The van der Waals surface area contributed by atoms with Gasteiger partial charge in [0.15, 0.2) is 5.82 Å². The van der Waals surface area contributed by atoms with Gasteiger partial charge in [-0.15, -0.1) is 0 Å². The van der Waals surface area contributed by atoms with E-state index in [0.717, 1.165) is 46.1 Å². The van der Waals surface area contributed by atoms with Gasteiger partial charge in [-0.3, -0.25) is 0 Å². The molecule has 20 heavy (non-hydrogen) atoms. The van der Waals surface area contributed by atoms with Gasteiger partial charge in [-0.1, -0.05) is 6.92 Å². The molecule has 0 radical (unpaired) electrons. The molecule has 0 saturated carbocycles. The number of methoxy groups -OCH3 is 1. The number of hydrogen-bond donors (Lipinski definition) is 1. The summed E-state index contributed by atoms with van der Waals surface area (Å²) in [5, 5.41) is 3.24. The van der Waals surface area contributed by atoms with Gasteiger partial charge in [0, 0.05) is 23.9 Å². The summed E-state index contributed by atoms with van der Waals surface area (Å²) in [7, 11) is 1.65. The van der Waals surface area contributed by atoms with E-state index in [2.05, 4.69) is 45.1 Å². The Morgan fingerprint density at radius 2 is 2.00 bits per heavy atom. The highest BCUT2D eigenvalue weighted by Crippen LogP contribution is 2.29. The first kappa shape index (κ1) is 14.8. The number of anilines is 1. The smallest absolute Gasteiger partial charge is 0.161 e. The van der Waals surface area contributed by atoms with E-state index >= 15 is 0 Å². The highest BCUT2D eigenvalue weighted by atomic mass is 79.9. The van der Waals surface area contributed by atoms with E-state index in [1.807, 2.05) is 24.3 Å². The molecule has 0 saturated heterocycles. The third-order valence-electron chi connectivity index (χ3n) is 2.91. The Morgan fingerprint density at radius 1 is 1.20 bits per heavy atom. The lowest BCUT2D eigenvalue weighted by atomic mass is 10.2. The topological polar surface area (TPSA) is 47.0 Å². The molecule has 0 bridgehead atoms. The van der Waals surface area contributed by atoms with Crippen LogP contribution >= 0.6 is 15.9 Å². The van der Waals surface area contributed by atoms with E-state index in [0.29, 0.717) is 0 Å². The number of aromatic nitrogens is 2. The third kappa shape index (κ3) is 3.28. The Balaban J connectivity index is 2.45. The molecule has 1 aromatic carbocycles. The van der Waals surface area contributed by atoms with E-state index in [-0.39, 0.29) is 0 Å². The molecule has 0 fully saturated rings. The van der Waals surface area contributed by atoms with Gasteiger partial charge in [-0.25, -0.2) is 9.97 Å². The van der Waals surface area contributed by atoms with Crippen LogP contribution in [-0.2, 0) is 6.42 Å². The molecule has 1 N–H and O–H groups in total. The predicted octanol–water partition coefficient (Wildman–Crippen LogP) is 3.91. The Hall–Kier alpha value is -1.62. The molecule has 0 aliphatic heterocycles. The molecular formula is C15H18BrN3O. The van der Waals surface area contributed by atoms with Gasteiger partial charge in [-0.2, -0.15) is 0 Å². The fraction of sp³-hybridized carbons (Fsp3) is 0.333. The van der Waals surface area contributed by atoms with Crippen molar-refractivity contribution < 1.29 is 4.74 Å². The Morgan fingerprint density at radius 3 is 2.60 bits per heavy atom. The normalized spacial score (nSPS) is 10.4. The van der Waals surface area contributed by atoms with Gasteiger partial charge in [0.25, 0.3) is 0 Å². The Bertz CT molecular complexity index is 602. The number of aryl methyl sites for hydroxylation is 1. The molecule has 0 unspecified atom stereocenters. The van der Waals surface area contributed by atoms with Crippen molar-refractivity contribution in [3.8, 4) is 17.1 Å². The number of rotatable bonds is 5. The second-order valence-corrected chi connectivity index (χ2v) is 5.16. The number of hydrogen-bond acceptors (Lipinski definition) is 4. The highest BCUT2D eigenvalue weighted by Gasteiger charge is 2.08. The van der Waals surface area contributed by atoms with Gasteiger partial charge >= 0.3 is 0 Å². The van der Waals surface area contributed by atoms with Gasteiger partial charge in [0.1, 0.15) is 11.6 Å². The minimum Gasteiger partial charge on any atom is -0.496 e. The van der Waals surface area contributed by atoms with Crippen LogP contribution in [0.15, 0.2) is 28.7 Å². The number of nitrogens with zero attached hydrogens (tertiary/aromatic N) is 2. The average Bonchev–Trinajstić information content (AvgIpc) is 2.47. The standard InChI is InChI=1S/C15H18BrN3O/c1-4-11-9-14(17-5-2)19-15(18-11)10-6-7-13(20-3)12(16)8-10/h6-9H,4-5H2,1-3H3,(H,17,18,19). The summed E-state index contributed by atoms with van der Waals surface area (Å²) in [4.78, 5) is 9.14. The average molecular weight is 336 g/mol. The molecule has 4 nitrogen and oxygen atoms in total. The van der Waals surface area contributed by atoms with E-state index in [1.54, 1.807) is 7.11 Å². The minimum absolute atomic E-state index is 0.726. The SMILES string of the molecule is CCNc1cc(CC)nc(-c2ccc(OC)c(Br)c2)n1. The van der Waals surface area contributed by atoms with Gasteiger partial charge in [0.05, 0.1) is 11.6 Å². The van der Waals surface area contributed by atoms with Crippen LogP contribution in [0.25, 0.3) is 11.4 Å². The second-order valence-electron chi connectivity index (χ2n) is 4.30. The van der Waals surface area contributed by atoms with Crippen molar-refractivity contribution >= 4 is 21.7 Å². The van der Waals surface area contributed by atoms with Crippen LogP contribution in [0.2, 0.25) is 0 Å². The highest BCUT2D eigenvalue weighted by molar-refractivity contribution is 9.10. The van der Waals surface area contributed by atoms with Crippen molar-refractivity contribution in [2.45, 2.75) is 20.3 Å². The van der Waals surface area contributed by atoms with Crippen molar-refractivity contribution in [3.63, 3.8) is 0 Å². The molecule has 2 rings (SSSR count). The molecule has 106 valence electrons. The fourth-order valence-electron chi connectivity index (χ4n) is 1.88. The lowest BCUT2D eigenvalue weighted by Crippen LogP contribution is -2.03. The number of ether oxygens (including phenoxy) is 1. The zero-order valence-corrected chi connectivity index (χ0v) is 13.5. The van der Waals surface area contributed by atoms with Crippen LogP contribution in [-0.4, -0.2) is 23.6 Å². The van der Waals surface area contributed by atoms with Gasteiger partial charge < -0.3 is 10.1 Å². The molecule has 2 aromatic rings. The van der Waals surface area contributed by atoms with Crippen molar-refractivity contribution in [3.05, 3.63) is 34.4 Å². The molecule has 1 aromatic heterocycles. The summed E-state index contributed by atoms with van der Waals surface area (Å²) < 4.78 is 6.14. The van der Waals surface area contributed by atoms with Crippen LogP contribution in [0.1, 0.15) is 19.5 Å². The largest absolute Gasteiger partial charge is 0.496 e. The van der Waals surface area contributed by atoms with Crippen molar-refractivity contribution in [2.75, 3.05) is 19.0 Å². The summed E-state index contributed by atoms with van der Waals surface area (Å²) in [6.07, 6.45) is 0.880. The zero-order valence-electron chi connectivity index (χ0n) is 11.9. The monoisotopic (exact) mass is 335 g/mol. The van der Waals surface area contributed by atoms with Crippen LogP contribution < -0.4 is 10.1 Å². The Labute approximate surface area is 127 Å². The van der Waals surface area contributed by atoms with E-state index in [1.165, 1.54) is 0 Å². The predicted molar refractivity (Wildman–Crippen MR) is 85.3 cm³/mol. The van der Waals surface area contributed by atoms with Crippen molar-refractivity contribution in [1.82, 2.24) is 9.97 Å². The van der Waals surface area contributed by atoms with Crippen molar-refractivity contribution in [1.29, 1.82) is 0 Å². The zero-order chi connectivity index (χ0) is 14.5. The molecule has 0 aliphatic carbocycles. The van der Waals surface area contributed by atoms with Crippen LogP contribution in [0, 0.1) is 0 Å². The molecule has 0 atom stereocenters. The van der Waals surface area contributed by atoms with Crippen LogP contribution in [0.5, 0.6) is 5.75 Å². The third-order valence-corrected chi connectivity index (χ3v) is 3.53. The van der Waals surface area contributed by atoms with Crippen LogP contribution in [0.4, 0.5) is 5.82 Å². The second kappa shape index (κ2) is 6.70. The summed E-state index contributed by atoms with van der Waals surface area (Å²) in [6.45, 7) is 4.98. The van der Waals surface area contributed by atoms with E-state index < -0.39 is 0 Å².